The minimum absolute atomic E-state index is 0.0693. The van der Waals surface area contributed by atoms with Crippen molar-refractivity contribution in [3.63, 3.8) is 0 Å². The van der Waals surface area contributed by atoms with E-state index in [2.05, 4.69) is 6.92 Å². The van der Waals surface area contributed by atoms with Gasteiger partial charge in [-0.2, -0.15) is 0 Å². The summed E-state index contributed by atoms with van der Waals surface area (Å²) in [7, 11) is 3.27. The number of carbonyl (C=O) groups is 1. The highest BCUT2D eigenvalue weighted by molar-refractivity contribution is 5.70. The monoisotopic (exact) mass is 277 g/mol. The van der Waals surface area contributed by atoms with E-state index in [0.29, 0.717) is 18.9 Å². The lowest BCUT2D eigenvalue weighted by molar-refractivity contribution is 0.00823. The van der Waals surface area contributed by atoms with E-state index in [0.717, 1.165) is 17.7 Å². The molecule has 0 unspecified atom stereocenters. The number of nitrogens with zero attached hydrogens (tertiary/aromatic N) is 1. The Balaban J connectivity index is 2.08. The molecule has 1 aromatic carbocycles. The van der Waals surface area contributed by atoms with Crippen LogP contribution in [0.25, 0.3) is 0 Å². The molecule has 1 aromatic rings. The Morgan fingerprint density at radius 1 is 1.25 bits per heavy atom. The van der Waals surface area contributed by atoms with Crippen LogP contribution in [0.2, 0.25) is 0 Å². The molecule has 2 aliphatic rings. The van der Waals surface area contributed by atoms with Gasteiger partial charge in [0.25, 0.3) is 0 Å². The maximum absolute atomic E-state index is 11.9. The second-order valence-electron chi connectivity index (χ2n) is 5.35. The van der Waals surface area contributed by atoms with Crippen molar-refractivity contribution >= 4 is 6.09 Å². The number of methoxy groups -OCH3 is 2. The largest absolute Gasteiger partial charge is 0.493 e. The zero-order chi connectivity index (χ0) is 14.3. The van der Waals surface area contributed by atoms with E-state index in [1.54, 1.807) is 14.2 Å². The van der Waals surface area contributed by atoms with Crippen molar-refractivity contribution < 1.29 is 19.0 Å². The normalized spacial score (nSPS) is 24.6. The van der Waals surface area contributed by atoms with Gasteiger partial charge in [-0.1, -0.05) is 6.92 Å². The second kappa shape index (κ2) is 4.89. The summed E-state index contributed by atoms with van der Waals surface area (Å²) in [6.07, 6.45) is 0.599. The molecule has 1 saturated heterocycles. The Morgan fingerprint density at radius 2 is 1.95 bits per heavy atom. The number of cyclic esters (lactones) is 1. The van der Waals surface area contributed by atoms with E-state index in [1.165, 1.54) is 5.56 Å². The summed E-state index contributed by atoms with van der Waals surface area (Å²) in [5.74, 6) is 1.72. The number of ether oxygens (including phenoxy) is 3. The van der Waals surface area contributed by atoms with E-state index in [1.807, 2.05) is 17.0 Å². The summed E-state index contributed by atoms with van der Waals surface area (Å²) in [6.45, 7) is 3.26. The van der Waals surface area contributed by atoms with E-state index in [-0.39, 0.29) is 18.1 Å². The van der Waals surface area contributed by atoms with Crippen molar-refractivity contribution in [2.75, 3.05) is 27.4 Å². The number of carbonyl (C=O) groups excluding carboxylic acids is 1. The standard InChI is InChI=1S/C15H19NO4/c1-9-8-20-15(17)16-5-4-10-6-12(18-2)13(19-3)7-11(10)14(9)16/h6-7,9,14H,4-5,8H2,1-3H3/t9-,14+/m0/s1. The maximum atomic E-state index is 11.9. The van der Waals surface area contributed by atoms with Gasteiger partial charge >= 0.3 is 6.09 Å². The quantitative estimate of drug-likeness (QED) is 0.832. The highest BCUT2D eigenvalue weighted by Crippen LogP contribution is 2.42. The van der Waals surface area contributed by atoms with Crippen molar-refractivity contribution in [2.24, 2.45) is 5.92 Å². The van der Waals surface area contributed by atoms with Crippen LogP contribution >= 0.6 is 0 Å². The van der Waals surface area contributed by atoms with Gasteiger partial charge in [-0.15, -0.1) is 0 Å². The predicted octanol–water partition coefficient (Wildman–Crippen LogP) is 2.39. The van der Waals surface area contributed by atoms with Crippen molar-refractivity contribution in [3.05, 3.63) is 23.3 Å². The van der Waals surface area contributed by atoms with Gasteiger partial charge < -0.3 is 19.1 Å². The molecule has 0 aromatic heterocycles. The highest BCUT2D eigenvalue weighted by Gasteiger charge is 2.40. The third kappa shape index (κ3) is 1.88. The van der Waals surface area contributed by atoms with E-state index in [9.17, 15) is 4.79 Å². The number of rotatable bonds is 2. The topological polar surface area (TPSA) is 48.0 Å². The van der Waals surface area contributed by atoms with Crippen molar-refractivity contribution in [1.82, 2.24) is 4.90 Å². The molecule has 5 nitrogen and oxygen atoms in total. The fourth-order valence-corrected chi connectivity index (χ4v) is 3.17. The number of benzene rings is 1. The molecule has 0 aliphatic carbocycles. The first kappa shape index (κ1) is 13.1. The Labute approximate surface area is 118 Å². The van der Waals surface area contributed by atoms with Gasteiger partial charge in [0.1, 0.15) is 0 Å². The average molecular weight is 277 g/mol. The fraction of sp³-hybridized carbons (Fsp3) is 0.533. The number of hydrogen-bond acceptors (Lipinski definition) is 4. The lowest BCUT2D eigenvalue weighted by atomic mass is 9.85. The minimum Gasteiger partial charge on any atom is -0.493 e. The molecule has 1 fully saturated rings. The molecule has 0 radical (unpaired) electrons. The van der Waals surface area contributed by atoms with Crippen molar-refractivity contribution in [2.45, 2.75) is 19.4 Å². The SMILES string of the molecule is COc1cc2c(cc1OC)[C@H]1[C@@H](C)COC(=O)N1CC2. The zero-order valence-corrected chi connectivity index (χ0v) is 12.0. The lowest BCUT2D eigenvalue weighted by Crippen LogP contribution is -2.48. The van der Waals surface area contributed by atoms with Crippen LogP contribution in [0.4, 0.5) is 4.79 Å². The van der Waals surface area contributed by atoms with Crippen LogP contribution in [0.1, 0.15) is 24.1 Å². The van der Waals surface area contributed by atoms with Gasteiger partial charge in [-0.25, -0.2) is 4.79 Å². The third-order valence-corrected chi connectivity index (χ3v) is 4.17. The van der Waals surface area contributed by atoms with Gasteiger partial charge in [-0.3, -0.25) is 0 Å². The first-order valence-electron chi connectivity index (χ1n) is 6.84. The first-order valence-corrected chi connectivity index (χ1v) is 6.84. The van der Waals surface area contributed by atoms with E-state index < -0.39 is 0 Å². The summed E-state index contributed by atoms with van der Waals surface area (Å²) in [4.78, 5) is 13.7. The molecule has 2 atom stereocenters. The third-order valence-electron chi connectivity index (χ3n) is 4.17. The van der Waals surface area contributed by atoms with Crippen LogP contribution in [0.15, 0.2) is 12.1 Å². The minimum atomic E-state index is -0.214. The number of hydrogen-bond donors (Lipinski definition) is 0. The van der Waals surface area contributed by atoms with Gasteiger partial charge in [0.2, 0.25) is 0 Å². The second-order valence-corrected chi connectivity index (χ2v) is 5.35. The number of amides is 1. The van der Waals surface area contributed by atoms with Crippen LogP contribution in [0.3, 0.4) is 0 Å². The fourth-order valence-electron chi connectivity index (χ4n) is 3.17. The van der Waals surface area contributed by atoms with Crippen LogP contribution in [-0.4, -0.2) is 38.4 Å². The zero-order valence-electron chi connectivity index (χ0n) is 12.0. The van der Waals surface area contributed by atoms with Crippen LogP contribution < -0.4 is 9.47 Å². The van der Waals surface area contributed by atoms with Crippen molar-refractivity contribution in [3.8, 4) is 11.5 Å². The lowest BCUT2D eigenvalue weighted by Gasteiger charge is -2.43. The predicted molar refractivity (Wildman–Crippen MR) is 73.2 cm³/mol. The molecule has 108 valence electrons. The van der Waals surface area contributed by atoms with E-state index >= 15 is 0 Å². The molecule has 0 saturated carbocycles. The van der Waals surface area contributed by atoms with Gasteiger partial charge in [0, 0.05) is 12.5 Å². The summed E-state index contributed by atoms with van der Waals surface area (Å²) in [5, 5.41) is 0. The summed E-state index contributed by atoms with van der Waals surface area (Å²) < 4.78 is 15.9. The Morgan fingerprint density at radius 3 is 2.65 bits per heavy atom. The molecule has 5 heteroatoms. The van der Waals surface area contributed by atoms with Crippen LogP contribution in [-0.2, 0) is 11.2 Å². The molecule has 0 N–H and O–H groups in total. The summed E-state index contributed by atoms with van der Waals surface area (Å²) in [6, 6.07) is 4.10. The Bertz CT molecular complexity index is 543. The summed E-state index contributed by atoms with van der Waals surface area (Å²) >= 11 is 0. The molecule has 0 spiro atoms. The average Bonchev–Trinajstić information content (AvgIpc) is 2.48. The smallest absolute Gasteiger partial charge is 0.410 e. The molecule has 1 amide bonds. The molecular weight excluding hydrogens is 258 g/mol. The molecule has 2 aliphatic heterocycles. The molecule has 0 bridgehead atoms. The highest BCUT2D eigenvalue weighted by atomic mass is 16.6. The van der Waals surface area contributed by atoms with Gasteiger partial charge in [0.05, 0.1) is 26.9 Å². The van der Waals surface area contributed by atoms with Gasteiger partial charge in [0.15, 0.2) is 11.5 Å². The molecule has 20 heavy (non-hydrogen) atoms. The van der Waals surface area contributed by atoms with Crippen LogP contribution in [0, 0.1) is 5.92 Å². The number of fused-ring (bicyclic) bond motifs is 3. The molecule has 3 rings (SSSR count). The van der Waals surface area contributed by atoms with Gasteiger partial charge in [-0.05, 0) is 29.7 Å². The Kier molecular flexibility index (Phi) is 3.20. The molecule has 2 heterocycles. The van der Waals surface area contributed by atoms with E-state index in [4.69, 9.17) is 14.2 Å². The maximum Gasteiger partial charge on any atom is 0.410 e. The van der Waals surface area contributed by atoms with Crippen LogP contribution in [0.5, 0.6) is 11.5 Å². The Hall–Kier alpha value is -1.91. The molecular formula is C15H19NO4. The summed E-state index contributed by atoms with van der Waals surface area (Å²) in [5.41, 5.74) is 2.38. The first-order chi connectivity index (χ1) is 9.65. The van der Waals surface area contributed by atoms with Crippen molar-refractivity contribution in [1.29, 1.82) is 0 Å².